The van der Waals surface area contributed by atoms with Gasteiger partial charge in [-0.3, -0.25) is 0 Å². The predicted octanol–water partition coefficient (Wildman–Crippen LogP) is 1.41. The minimum atomic E-state index is 0. The van der Waals surface area contributed by atoms with E-state index in [9.17, 15) is 0 Å². The molecule has 0 aromatic heterocycles. The molecule has 0 saturated heterocycles. The van der Waals surface area contributed by atoms with Crippen molar-refractivity contribution >= 4 is 24.5 Å². The number of hydrogen-bond acceptors (Lipinski definition) is 1. The summed E-state index contributed by atoms with van der Waals surface area (Å²) in [6, 6.07) is 8.48. The summed E-state index contributed by atoms with van der Waals surface area (Å²) in [6.45, 7) is 2.10. The van der Waals surface area contributed by atoms with Gasteiger partial charge >= 0.3 is 18.9 Å². The molecule has 0 aliphatic heterocycles. The van der Waals surface area contributed by atoms with Gasteiger partial charge in [-0.25, -0.2) is 0 Å². The van der Waals surface area contributed by atoms with Crippen LogP contribution in [0.1, 0.15) is 5.56 Å². The summed E-state index contributed by atoms with van der Waals surface area (Å²) in [4.78, 5) is 2.10. The summed E-state index contributed by atoms with van der Waals surface area (Å²) in [7, 11) is 4.09. The molecule has 0 atom stereocenters. The van der Waals surface area contributed by atoms with E-state index < -0.39 is 0 Å². The van der Waals surface area contributed by atoms with E-state index in [4.69, 9.17) is 0 Å². The van der Waals surface area contributed by atoms with Crippen LogP contribution in [-0.4, -0.2) is 33.0 Å². The second-order valence-electron chi connectivity index (χ2n) is 2.73. The molecule has 1 aromatic rings. The van der Waals surface area contributed by atoms with Crippen LogP contribution in [-0.2, 0) is 0 Å². The van der Waals surface area contributed by atoms with Gasteiger partial charge in [-0.05, 0) is 19.1 Å². The van der Waals surface area contributed by atoms with Gasteiger partial charge in [-0.1, -0.05) is 17.7 Å². The molecule has 0 heterocycles. The van der Waals surface area contributed by atoms with Crippen LogP contribution in [0.4, 0.5) is 5.69 Å². The van der Waals surface area contributed by atoms with Crippen LogP contribution >= 0.6 is 0 Å². The Bertz CT molecular complexity index is 203. The molecule has 0 spiro atoms. The molecule has 1 nitrogen and oxygen atoms in total. The van der Waals surface area contributed by atoms with E-state index in [1.165, 1.54) is 11.3 Å². The molecule has 1 rings (SSSR count). The van der Waals surface area contributed by atoms with Crippen LogP contribution < -0.4 is 4.90 Å². The molecule has 0 aliphatic rings. The van der Waals surface area contributed by atoms with E-state index in [2.05, 4.69) is 36.1 Å². The van der Waals surface area contributed by atoms with Crippen molar-refractivity contribution in [1.82, 2.24) is 0 Å². The summed E-state index contributed by atoms with van der Waals surface area (Å²) in [5.41, 5.74) is 2.57. The van der Waals surface area contributed by atoms with Crippen molar-refractivity contribution in [3.8, 4) is 0 Å². The first-order chi connectivity index (χ1) is 4.70. The van der Waals surface area contributed by atoms with Crippen LogP contribution in [0.3, 0.4) is 0 Å². The quantitative estimate of drug-likeness (QED) is 0.537. The van der Waals surface area contributed by atoms with Crippen LogP contribution in [0.5, 0.6) is 0 Å². The summed E-state index contributed by atoms with van der Waals surface area (Å²) in [5.74, 6) is 0. The predicted molar refractivity (Wildman–Crippen MR) is 52.7 cm³/mol. The molecule has 56 valence electrons. The average Bonchev–Trinajstić information content (AvgIpc) is 1.88. The molecular weight excluding hydrogens is 129 g/mol. The molecule has 0 saturated carbocycles. The van der Waals surface area contributed by atoms with Crippen molar-refractivity contribution in [1.29, 1.82) is 0 Å². The number of hydrogen-bond donors (Lipinski definition) is 0. The number of nitrogens with zero attached hydrogens (tertiary/aromatic N) is 1. The Labute approximate surface area is 80.6 Å². The van der Waals surface area contributed by atoms with E-state index in [1.54, 1.807) is 0 Å². The molecule has 0 unspecified atom stereocenters. The molecule has 0 aliphatic carbocycles. The van der Waals surface area contributed by atoms with Crippen molar-refractivity contribution in [2.24, 2.45) is 0 Å². The Kier molecular flexibility index (Phi) is 4.33. The van der Waals surface area contributed by atoms with Crippen LogP contribution in [0.2, 0.25) is 0 Å². The van der Waals surface area contributed by atoms with Crippen molar-refractivity contribution in [3.63, 3.8) is 0 Å². The second-order valence-corrected chi connectivity index (χ2v) is 2.73. The van der Waals surface area contributed by atoms with Gasteiger partial charge in [0.25, 0.3) is 0 Å². The molecule has 0 N–H and O–H groups in total. The summed E-state index contributed by atoms with van der Waals surface area (Å²) < 4.78 is 0. The van der Waals surface area contributed by atoms with Gasteiger partial charge in [-0.15, -0.1) is 0 Å². The Morgan fingerprint density at radius 2 is 1.45 bits per heavy atom. The third kappa shape index (κ3) is 3.01. The van der Waals surface area contributed by atoms with Gasteiger partial charge in [-0.2, -0.15) is 0 Å². The molecule has 0 radical (unpaired) electrons. The van der Waals surface area contributed by atoms with Gasteiger partial charge in [0.2, 0.25) is 0 Å². The third-order valence-electron chi connectivity index (χ3n) is 1.55. The number of rotatable bonds is 1. The third-order valence-corrected chi connectivity index (χ3v) is 1.55. The fraction of sp³-hybridized carbons (Fsp3) is 0.333. The maximum absolute atomic E-state index is 2.12. The van der Waals surface area contributed by atoms with E-state index in [0.29, 0.717) is 0 Å². The van der Waals surface area contributed by atoms with Gasteiger partial charge in [0.15, 0.2) is 0 Å². The Morgan fingerprint density at radius 3 is 1.82 bits per heavy atom. The average molecular weight is 143 g/mol. The summed E-state index contributed by atoms with van der Waals surface area (Å²) in [6.07, 6.45) is 0. The van der Waals surface area contributed by atoms with E-state index in [-0.39, 0.29) is 18.9 Å². The number of aryl methyl sites for hydroxylation is 1. The minimum absolute atomic E-state index is 0. The van der Waals surface area contributed by atoms with Crippen molar-refractivity contribution in [2.45, 2.75) is 6.92 Å². The standard InChI is InChI=1S/C9H13N.Li.H/c1-8-4-6-9(7-5-8)10(2)3;;/h4-7H,1-3H3;;. The molecule has 1 aromatic carbocycles. The Hall–Kier alpha value is -0.383. The zero-order valence-corrected chi connectivity index (χ0v) is 6.76. The molecule has 0 bridgehead atoms. The van der Waals surface area contributed by atoms with Gasteiger partial charge < -0.3 is 4.90 Å². The molecule has 0 amide bonds. The van der Waals surface area contributed by atoms with E-state index in [0.717, 1.165) is 0 Å². The van der Waals surface area contributed by atoms with Crippen molar-refractivity contribution < 1.29 is 0 Å². The fourth-order valence-corrected chi connectivity index (χ4v) is 0.843. The summed E-state index contributed by atoms with van der Waals surface area (Å²) >= 11 is 0. The topological polar surface area (TPSA) is 3.24 Å². The van der Waals surface area contributed by atoms with Crippen LogP contribution in [0.25, 0.3) is 0 Å². The van der Waals surface area contributed by atoms with Gasteiger partial charge in [0, 0.05) is 19.8 Å². The van der Waals surface area contributed by atoms with E-state index >= 15 is 0 Å². The van der Waals surface area contributed by atoms with Gasteiger partial charge in [0.1, 0.15) is 0 Å². The number of benzene rings is 1. The van der Waals surface area contributed by atoms with Crippen molar-refractivity contribution in [3.05, 3.63) is 29.8 Å². The first-order valence-corrected chi connectivity index (χ1v) is 3.44. The van der Waals surface area contributed by atoms with Crippen LogP contribution in [0.15, 0.2) is 24.3 Å². The van der Waals surface area contributed by atoms with Crippen molar-refractivity contribution in [2.75, 3.05) is 19.0 Å². The maximum atomic E-state index is 2.12. The molecule has 11 heavy (non-hydrogen) atoms. The fourth-order valence-electron chi connectivity index (χ4n) is 0.843. The first-order valence-electron chi connectivity index (χ1n) is 3.44. The molecule has 2 heteroatoms. The normalized spacial score (nSPS) is 8.64. The second kappa shape index (κ2) is 4.49. The Balaban J connectivity index is 0.000001000. The molecule has 0 fully saturated rings. The molecular formula is C9H14LiN. The Morgan fingerprint density at radius 1 is 1.00 bits per heavy atom. The zero-order chi connectivity index (χ0) is 7.56. The SMILES string of the molecule is Cc1ccc(N(C)C)cc1.[LiH]. The first kappa shape index (κ1) is 10.6. The van der Waals surface area contributed by atoms with E-state index in [1.807, 2.05) is 14.1 Å². The summed E-state index contributed by atoms with van der Waals surface area (Å²) in [5, 5.41) is 0. The zero-order valence-electron chi connectivity index (χ0n) is 6.76. The monoisotopic (exact) mass is 143 g/mol. The van der Waals surface area contributed by atoms with Crippen LogP contribution in [0, 0.1) is 6.92 Å². The number of anilines is 1. The van der Waals surface area contributed by atoms with Gasteiger partial charge in [0.05, 0.1) is 0 Å².